The second-order valence-electron chi connectivity index (χ2n) is 7.46. The third-order valence-electron chi connectivity index (χ3n) is 4.78. The molecule has 1 aliphatic carbocycles. The molecule has 1 amide bonds. The topological polar surface area (TPSA) is 109 Å². The fourth-order valence-electron chi connectivity index (χ4n) is 2.67. The van der Waals surface area contributed by atoms with E-state index in [1.165, 1.54) is 18.3 Å². The van der Waals surface area contributed by atoms with E-state index in [0.717, 1.165) is 31.2 Å². The number of sulfone groups is 1. The number of halogens is 3. The average Bonchev–Trinajstić information content (AvgIpc) is 3.45. The van der Waals surface area contributed by atoms with E-state index >= 15 is 0 Å². The quantitative estimate of drug-likeness (QED) is 0.681. The summed E-state index contributed by atoms with van der Waals surface area (Å²) in [5.74, 6) is -0.226. The summed E-state index contributed by atoms with van der Waals surface area (Å²) in [6.45, 7) is 0.615. The standard InChI is InChI=1S/C19H20F3N3O4S/c1-18(27,19(20,21)22)14-5-6-15(23-10-14)25-16(26)8-13-4-7-17(24-9-13)30(28,29)11-12-2-3-12/h4-7,9-10,12,27H,2-3,8,11H2,1H3,(H,23,25,26). The molecule has 0 radical (unpaired) electrons. The number of nitrogens with one attached hydrogen (secondary N) is 1. The number of rotatable bonds is 7. The number of anilines is 1. The monoisotopic (exact) mass is 443 g/mol. The van der Waals surface area contributed by atoms with Crippen LogP contribution >= 0.6 is 0 Å². The van der Waals surface area contributed by atoms with Crippen LogP contribution in [-0.4, -0.2) is 41.3 Å². The van der Waals surface area contributed by atoms with E-state index in [-0.39, 0.29) is 28.9 Å². The minimum atomic E-state index is -4.87. The fourth-order valence-corrected chi connectivity index (χ4v) is 4.28. The average molecular weight is 443 g/mol. The zero-order valence-corrected chi connectivity index (χ0v) is 16.8. The molecule has 2 aromatic heterocycles. The van der Waals surface area contributed by atoms with Crippen molar-refractivity contribution in [1.82, 2.24) is 9.97 Å². The maximum absolute atomic E-state index is 12.8. The molecule has 2 aromatic rings. The van der Waals surface area contributed by atoms with Gasteiger partial charge in [0.15, 0.2) is 20.5 Å². The van der Waals surface area contributed by atoms with E-state index in [1.54, 1.807) is 0 Å². The summed E-state index contributed by atoms with van der Waals surface area (Å²) in [5.41, 5.74) is -3.05. The summed E-state index contributed by atoms with van der Waals surface area (Å²) in [4.78, 5) is 19.8. The molecule has 1 atom stereocenters. The first-order valence-electron chi connectivity index (χ1n) is 9.11. The van der Waals surface area contributed by atoms with Crippen LogP contribution in [0.4, 0.5) is 19.0 Å². The van der Waals surface area contributed by atoms with E-state index in [0.29, 0.717) is 12.5 Å². The SMILES string of the molecule is CC(O)(c1ccc(NC(=O)Cc2ccc(S(=O)(=O)CC3CC3)nc2)nc1)C(F)(F)F. The van der Waals surface area contributed by atoms with Gasteiger partial charge in [-0.1, -0.05) is 12.1 Å². The maximum atomic E-state index is 12.8. The molecule has 7 nitrogen and oxygen atoms in total. The number of aromatic nitrogens is 2. The minimum Gasteiger partial charge on any atom is -0.376 e. The van der Waals surface area contributed by atoms with Gasteiger partial charge in [-0.3, -0.25) is 4.79 Å². The number of carbonyl (C=O) groups excluding carboxylic acids is 1. The molecule has 162 valence electrons. The Morgan fingerprint density at radius 2 is 1.87 bits per heavy atom. The Morgan fingerprint density at radius 3 is 2.37 bits per heavy atom. The Bertz CT molecular complexity index is 1020. The van der Waals surface area contributed by atoms with Crippen LogP contribution in [0.15, 0.2) is 41.7 Å². The van der Waals surface area contributed by atoms with Crippen molar-refractivity contribution in [1.29, 1.82) is 0 Å². The van der Waals surface area contributed by atoms with Crippen LogP contribution in [0.2, 0.25) is 0 Å². The van der Waals surface area contributed by atoms with Gasteiger partial charge in [0.2, 0.25) is 5.91 Å². The number of amides is 1. The number of carbonyl (C=O) groups is 1. The highest BCUT2D eigenvalue weighted by atomic mass is 32.2. The molecule has 1 aliphatic rings. The summed E-state index contributed by atoms with van der Waals surface area (Å²) >= 11 is 0. The minimum absolute atomic E-state index is 0.0123. The second kappa shape index (κ2) is 7.95. The van der Waals surface area contributed by atoms with Gasteiger partial charge in [-0.2, -0.15) is 13.2 Å². The van der Waals surface area contributed by atoms with Crippen molar-refractivity contribution in [2.24, 2.45) is 5.92 Å². The number of nitrogens with zero attached hydrogens (tertiary/aromatic N) is 2. The molecule has 11 heteroatoms. The molecule has 1 saturated carbocycles. The first-order chi connectivity index (χ1) is 13.9. The lowest BCUT2D eigenvalue weighted by Gasteiger charge is -2.26. The molecule has 1 unspecified atom stereocenters. The largest absolute Gasteiger partial charge is 0.421 e. The lowest BCUT2D eigenvalue weighted by atomic mass is 9.97. The van der Waals surface area contributed by atoms with Gasteiger partial charge < -0.3 is 10.4 Å². The molecule has 0 aliphatic heterocycles. The van der Waals surface area contributed by atoms with E-state index in [2.05, 4.69) is 15.3 Å². The Kier molecular flexibility index (Phi) is 5.87. The molecule has 30 heavy (non-hydrogen) atoms. The smallest absolute Gasteiger partial charge is 0.376 e. The molecule has 2 heterocycles. The molecule has 1 fully saturated rings. The molecular weight excluding hydrogens is 423 g/mol. The van der Waals surface area contributed by atoms with E-state index in [9.17, 15) is 31.5 Å². The third-order valence-corrected chi connectivity index (χ3v) is 6.57. The van der Waals surface area contributed by atoms with Gasteiger partial charge in [0.1, 0.15) is 5.82 Å². The fraction of sp³-hybridized carbons (Fsp3) is 0.421. The molecule has 3 rings (SSSR count). The van der Waals surface area contributed by atoms with Crippen LogP contribution in [0.25, 0.3) is 0 Å². The third kappa shape index (κ3) is 5.14. The molecule has 2 N–H and O–H groups in total. The summed E-state index contributed by atoms with van der Waals surface area (Å²) in [6.07, 6.45) is -1.05. The lowest BCUT2D eigenvalue weighted by Crippen LogP contribution is -2.39. The van der Waals surface area contributed by atoms with Gasteiger partial charge in [0.25, 0.3) is 0 Å². The van der Waals surface area contributed by atoms with E-state index in [1.807, 2.05) is 0 Å². The summed E-state index contributed by atoms with van der Waals surface area (Å²) in [7, 11) is -3.44. The highest BCUT2D eigenvalue weighted by Gasteiger charge is 2.51. The summed E-state index contributed by atoms with van der Waals surface area (Å²) < 4.78 is 62.9. The molecule has 0 aromatic carbocycles. The van der Waals surface area contributed by atoms with Gasteiger partial charge in [-0.05, 0) is 43.4 Å². The normalized spacial score (nSPS) is 16.7. The van der Waals surface area contributed by atoms with Crippen LogP contribution in [0, 0.1) is 5.92 Å². The van der Waals surface area contributed by atoms with Crippen molar-refractivity contribution in [2.75, 3.05) is 11.1 Å². The summed E-state index contributed by atoms with van der Waals surface area (Å²) in [5, 5.41) is 12.0. The molecular formula is C19H20F3N3O4S. The van der Waals surface area contributed by atoms with Crippen LogP contribution < -0.4 is 5.32 Å². The first-order valence-corrected chi connectivity index (χ1v) is 10.8. The molecule has 0 saturated heterocycles. The zero-order chi connectivity index (χ0) is 22.2. The second-order valence-corrected chi connectivity index (χ2v) is 9.44. The van der Waals surface area contributed by atoms with Gasteiger partial charge >= 0.3 is 6.18 Å². The Morgan fingerprint density at radius 1 is 1.17 bits per heavy atom. The lowest BCUT2D eigenvalue weighted by molar-refractivity contribution is -0.259. The number of pyridine rings is 2. The van der Waals surface area contributed by atoms with Crippen molar-refractivity contribution < 1.29 is 31.5 Å². The van der Waals surface area contributed by atoms with Gasteiger partial charge in [0, 0.05) is 18.0 Å². The van der Waals surface area contributed by atoms with Crippen LogP contribution in [0.1, 0.15) is 30.9 Å². The van der Waals surface area contributed by atoms with E-state index < -0.39 is 33.1 Å². The van der Waals surface area contributed by atoms with Gasteiger partial charge in [-0.15, -0.1) is 0 Å². The Hall–Kier alpha value is -2.53. The van der Waals surface area contributed by atoms with Crippen molar-refractivity contribution in [3.8, 4) is 0 Å². The zero-order valence-electron chi connectivity index (χ0n) is 16.0. The Balaban J connectivity index is 1.60. The highest BCUT2D eigenvalue weighted by molar-refractivity contribution is 7.91. The maximum Gasteiger partial charge on any atom is 0.421 e. The Labute approximate surface area is 171 Å². The van der Waals surface area contributed by atoms with Crippen LogP contribution in [-0.2, 0) is 26.7 Å². The highest BCUT2D eigenvalue weighted by Crippen LogP contribution is 2.38. The predicted octanol–water partition coefficient (Wildman–Crippen LogP) is 2.61. The van der Waals surface area contributed by atoms with Crippen LogP contribution in [0.5, 0.6) is 0 Å². The molecule has 0 spiro atoms. The molecule has 0 bridgehead atoms. The predicted molar refractivity (Wildman–Crippen MR) is 101 cm³/mol. The number of alkyl halides is 3. The number of hydrogen-bond acceptors (Lipinski definition) is 6. The number of aliphatic hydroxyl groups is 1. The van der Waals surface area contributed by atoms with E-state index in [4.69, 9.17) is 0 Å². The van der Waals surface area contributed by atoms with Gasteiger partial charge in [0.05, 0.1) is 12.2 Å². The van der Waals surface area contributed by atoms with Crippen molar-refractivity contribution in [2.45, 2.75) is 43.0 Å². The van der Waals surface area contributed by atoms with Gasteiger partial charge in [-0.25, -0.2) is 18.4 Å². The van der Waals surface area contributed by atoms with Crippen molar-refractivity contribution in [3.63, 3.8) is 0 Å². The van der Waals surface area contributed by atoms with Crippen molar-refractivity contribution in [3.05, 3.63) is 47.8 Å². The summed E-state index contributed by atoms with van der Waals surface area (Å²) in [6, 6.07) is 5.02. The van der Waals surface area contributed by atoms with Crippen LogP contribution in [0.3, 0.4) is 0 Å². The first kappa shape index (κ1) is 22.2. The number of hydrogen-bond donors (Lipinski definition) is 2. The van der Waals surface area contributed by atoms with Crippen molar-refractivity contribution >= 4 is 21.6 Å².